The molecule has 1 unspecified atom stereocenters. The third-order valence-electron chi connectivity index (χ3n) is 3.58. The highest BCUT2D eigenvalue weighted by Gasteiger charge is 2.28. The first-order valence-electron chi connectivity index (χ1n) is 7.27. The van der Waals surface area contributed by atoms with Crippen LogP contribution >= 0.6 is 0 Å². The predicted octanol–water partition coefficient (Wildman–Crippen LogP) is 1.47. The van der Waals surface area contributed by atoms with Crippen molar-refractivity contribution in [1.29, 1.82) is 0 Å². The van der Waals surface area contributed by atoms with E-state index in [2.05, 4.69) is 20.6 Å². The van der Waals surface area contributed by atoms with E-state index in [0.717, 1.165) is 0 Å². The molecule has 126 valence electrons. The van der Waals surface area contributed by atoms with Crippen molar-refractivity contribution in [3.05, 3.63) is 48.0 Å². The number of sulfone groups is 1. The first-order chi connectivity index (χ1) is 11.4. The molecule has 0 bridgehead atoms. The molecule has 0 aliphatic carbocycles. The van der Waals surface area contributed by atoms with Crippen molar-refractivity contribution >= 4 is 27.4 Å². The van der Waals surface area contributed by atoms with E-state index in [0.29, 0.717) is 12.1 Å². The largest absolute Gasteiger partial charge is 0.350 e. The maximum absolute atomic E-state index is 12.8. The molecule has 9 heteroatoms. The minimum Gasteiger partial charge on any atom is -0.350 e. The summed E-state index contributed by atoms with van der Waals surface area (Å²) in [6.07, 6.45) is 3.20. The Labute approximate surface area is 138 Å². The third-order valence-corrected chi connectivity index (χ3v) is 5.35. The van der Waals surface area contributed by atoms with Gasteiger partial charge in [-0.1, -0.05) is 0 Å². The van der Waals surface area contributed by atoms with Gasteiger partial charge in [-0.25, -0.2) is 22.8 Å². The number of benzene rings is 1. The zero-order valence-corrected chi connectivity index (χ0v) is 13.4. The van der Waals surface area contributed by atoms with Crippen LogP contribution in [0.5, 0.6) is 0 Å². The van der Waals surface area contributed by atoms with Gasteiger partial charge < -0.3 is 10.6 Å². The molecule has 1 atom stereocenters. The van der Waals surface area contributed by atoms with E-state index >= 15 is 0 Å². The summed E-state index contributed by atoms with van der Waals surface area (Å²) in [6.45, 7) is 0. The Bertz CT molecular complexity index is 838. The first-order valence-corrected chi connectivity index (χ1v) is 9.09. The predicted molar refractivity (Wildman–Crippen MR) is 87.1 cm³/mol. The fraction of sp³-hybridized carbons (Fsp3) is 0.267. The first kappa shape index (κ1) is 16.3. The van der Waals surface area contributed by atoms with Crippen molar-refractivity contribution < 1.29 is 17.6 Å². The fourth-order valence-electron chi connectivity index (χ4n) is 2.35. The van der Waals surface area contributed by atoms with Crippen LogP contribution in [0, 0.1) is 5.82 Å². The molecule has 3 rings (SSSR count). The minimum atomic E-state index is -2.98. The molecule has 2 aromatic rings. The summed E-state index contributed by atoms with van der Waals surface area (Å²) in [5, 5.41) is 5.55. The molecule has 1 fully saturated rings. The highest BCUT2D eigenvalue weighted by Crippen LogP contribution is 2.15. The number of rotatable bonds is 4. The standard InChI is InChI=1S/C15H15FN4O3S/c16-11-1-3-12(4-2-11)19-14(21)10-7-17-15(18-8-10)20-13-5-6-24(22,23)9-13/h1-4,7-8,13H,5-6,9H2,(H,19,21)(H,17,18,20). The Morgan fingerprint density at radius 1 is 1.17 bits per heavy atom. The molecule has 0 saturated carbocycles. The van der Waals surface area contributed by atoms with Crippen LogP contribution in [0.4, 0.5) is 16.0 Å². The van der Waals surface area contributed by atoms with Gasteiger partial charge in [0.1, 0.15) is 5.82 Å². The number of amides is 1. The summed E-state index contributed by atoms with van der Waals surface area (Å²) in [5.41, 5.74) is 0.698. The maximum Gasteiger partial charge on any atom is 0.258 e. The number of nitrogens with one attached hydrogen (secondary N) is 2. The quantitative estimate of drug-likeness (QED) is 0.866. The van der Waals surface area contributed by atoms with Crippen LogP contribution in [0.15, 0.2) is 36.7 Å². The monoisotopic (exact) mass is 350 g/mol. The summed E-state index contributed by atoms with van der Waals surface area (Å²) < 4.78 is 35.7. The third kappa shape index (κ3) is 4.05. The molecule has 2 heterocycles. The Kier molecular flexibility index (Phi) is 4.43. The molecule has 1 saturated heterocycles. The van der Waals surface area contributed by atoms with Crippen LogP contribution in [0.1, 0.15) is 16.8 Å². The molecule has 1 aromatic carbocycles. The highest BCUT2D eigenvalue weighted by atomic mass is 32.2. The molecular weight excluding hydrogens is 335 g/mol. The van der Waals surface area contributed by atoms with Crippen LogP contribution in [0.25, 0.3) is 0 Å². The lowest BCUT2D eigenvalue weighted by Gasteiger charge is -2.10. The van der Waals surface area contributed by atoms with Gasteiger partial charge in [0.15, 0.2) is 9.84 Å². The topological polar surface area (TPSA) is 101 Å². The van der Waals surface area contributed by atoms with Crippen molar-refractivity contribution in [1.82, 2.24) is 9.97 Å². The molecular formula is C15H15FN4O3S. The summed E-state index contributed by atoms with van der Waals surface area (Å²) in [5.74, 6) is -0.320. The molecule has 24 heavy (non-hydrogen) atoms. The molecule has 1 aliphatic heterocycles. The van der Waals surface area contributed by atoms with Crippen LogP contribution in [0.2, 0.25) is 0 Å². The van der Waals surface area contributed by atoms with E-state index in [1.807, 2.05) is 0 Å². The second kappa shape index (κ2) is 6.52. The number of carbonyl (C=O) groups excluding carboxylic acids is 1. The normalized spacial score (nSPS) is 19.0. The average Bonchev–Trinajstić information content (AvgIpc) is 2.89. The number of aromatic nitrogens is 2. The highest BCUT2D eigenvalue weighted by molar-refractivity contribution is 7.91. The second-order valence-corrected chi connectivity index (χ2v) is 7.73. The molecule has 1 aliphatic rings. The van der Waals surface area contributed by atoms with Gasteiger partial charge in [-0.2, -0.15) is 0 Å². The number of hydrogen-bond donors (Lipinski definition) is 2. The molecule has 1 amide bonds. The van der Waals surface area contributed by atoms with Crippen LogP contribution < -0.4 is 10.6 Å². The Morgan fingerprint density at radius 2 is 1.83 bits per heavy atom. The van der Waals surface area contributed by atoms with Gasteiger partial charge in [-0.05, 0) is 30.7 Å². The van der Waals surface area contributed by atoms with Gasteiger partial charge in [0.05, 0.1) is 17.1 Å². The van der Waals surface area contributed by atoms with E-state index in [-0.39, 0.29) is 34.9 Å². The van der Waals surface area contributed by atoms with Gasteiger partial charge in [-0.15, -0.1) is 0 Å². The van der Waals surface area contributed by atoms with E-state index in [1.54, 1.807) is 0 Å². The van der Waals surface area contributed by atoms with Crippen molar-refractivity contribution in [2.24, 2.45) is 0 Å². The number of nitrogens with zero attached hydrogens (tertiary/aromatic N) is 2. The molecule has 2 N–H and O–H groups in total. The number of carbonyl (C=O) groups is 1. The smallest absolute Gasteiger partial charge is 0.258 e. The van der Waals surface area contributed by atoms with E-state index in [9.17, 15) is 17.6 Å². The number of anilines is 2. The fourth-order valence-corrected chi connectivity index (χ4v) is 4.02. The lowest BCUT2D eigenvalue weighted by atomic mass is 10.2. The van der Waals surface area contributed by atoms with Gasteiger partial charge >= 0.3 is 0 Å². The summed E-state index contributed by atoms with van der Waals surface area (Å²) >= 11 is 0. The molecule has 7 nitrogen and oxygen atoms in total. The zero-order valence-electron chi connectivity index (χ0n) is 12.6. The molecule has 1 aromatic heterocycles. The number of hydrogen-bond acceptors (Lipinski definition) is 6. The zero-order chi connectivity index (χ0) is 17.2. The Hall–Kier alpha value is -2.55. The van der Waals surface area contributed by atoms with Gasteiger partial charge in [0, 0.05) is 24.1 Å². The van der Waals surface area contributed by atoms with Gasteiger partial charge in [0.25, 0.3) is 5.91 Å². The van der Waals surface area contributed by atoms with Crippen LogP contribution in [-0.4, -0.2) is 41.8 Å². The van der Waals surface area contributed by atoms with Crippen molar-refractivity contribution in [2.45, 2.75) is 12.5 Å². The Morgan fingerprint density at radius 3 is 2.42 bits per heavy atom. The lowest BCUT2D eigenvalue weighted by Crippen LogP contribution is -2.22. The molecule has 0 radical (unpaired) electrons. The van der Waals surface area contributed by atoms with E-state index < -0.39 is 15.7 Å². The van der Waals surface area contributed by atoms with Crippen LogP contribution in [0.3, 0.4) is 0 Å². The van der Waals surface area contributed by atoms with Crippen molar-refractivity contribution in [3.63, 3.8) is 0 Å². The summed E-state index contributed by atoms with van der Waals surface area (Å²) in [4.78, 5) is 20.1. The minimum absolute atomic E-state index is 0.0587. The lowest BCUT2D eigenvalue weighted by molar-refractivity contribution is 0.102. The SMILES string of the molecule is O=C(Nc1ccc(F)cc1)c1cnc(NC2CCS(=O)(=O)C2)nc1. The summed E-state index contributed by atoms with van der Waals surface area (Å²) in [6, 6.07) is 5.17. The summed E-state index contributed by atoms with van der Waals surface area (Å²) in [7, 11) is -2.98. The van der Waals surface area contributed by atoms with Gasteiger partial charge in [-0.3, -0.25) is 4.79 Å². The van der Waals surface area contributed by atoms with E-state index in [4.69, 9.17) is 0 Å². The Balaban J connectivity index is 1.61. The van der Waals surface area contributed by atoms with Gasteiger partial charge in [0.2, 0.25) is 5.95 Å². The van der Waals surface area contributed by atoms with E-state index in [1.165, 1.54) is 36.7 Å². The van der Waals surface area contributed by atoms with Crippen molar-refractivity contribution in [2.75, 3.05) is 22.1 Å². The maximum atomic E-state index is 12.8. The molecule has 0 spiro atoms. The van der Waals surface area contributed by atoms with Crippen molar-refractivity contribution in [3.8, 4) is 0 Å². The number of halogens is 1. The average molecular weight is 350 g/mol. The van der Waals surface area contributed by atoms with Crippen LogP contribution in [-0.2, 0) is 9.84 Å². The second-order valence-electron chi connectivity index (χ2n) is 5.50.